The number of hydrogen-bond donors (Lipinski definition) is 3. The fourth-order valence-corrected chi connectivity index (χ4v) is 3.02. The molecule has 1 heterocycles. The number of nitrogens with one attached hydrogen (secondary N) is 1. The predicted octanol–water partition coefficient (Wildman–Crippen LogP) is 1.30. The van der Waals surface area contributed by atoms with Crippen LogP contribution < -0.4 is 5.48 Å². The lowest BCUT2D eigenvalue weighted by molar-refractivity contribution is -0.144. The average Bonchev–Trinajstić information content (AvgIpc) is 2.80. The quantitative estimate of drug-likeness (QED) is 0.362. The number of rotatable bonds is 7. The molecular formula is C23H26N2O5. The van der Waals surface area contributed by atoms with E-state index >= 15 is 0 Å². The highest BCUT2D eigenvalue weighted by atomic mass is 16.5. The number of carbonyl (C=O) groups is 1. The van der Waals surface area contributed by atoms with Crippen molar-refractivity contribution in [2.75, 3.05) is 32.9 Å². The van der Waals surface area contributed by atoms with Crippen LogP contribution in [0.4, 0.5) is 0 Å². The molecule has 7 nitrogen and oxygen atoms in total. The lowest BCUT2D eigenvalue weighted by atomic mass is 10.1. The summed E-state index contributed by atoms with van der Waals surface area (Å²) >= 11 is 0. The van der Waals surface area contributed by atoms with Crippen LogP contribution in [0.1, 0.15) is 22.3 Å². The van der Waals surface area contributed by atoms with Crippen molar-refractivity contribution < 1.29 is 24.6 Å². The van der Waals surface area contributed by atoms with Crippen LogP contribution in [-0.4, -0.2) is 60.1 Å². The molecular weight excluding hydrogens is 384 g/mol. The monoisotopic (exact) mass is 410 g/mol. The van der Waals surface area contributed by atoms with Gasteiger partial charge in [-0.1, -0.05) is 36.1 Å². The summed E-state index contributed by atoms with van der Waals surface area (Å²) < 4.78 is 10.7. The summed E-state index contributed by atoms with van der Waals surface area (Å²) in [7, 11) is 0. The lowest BCUT2D eigenvalue weighted by Crippen LogP contribution is -2.36. The van der Waals surface area contributed by atoms with Gasteiger partial charge in [-0.3, -0.25) is 14.9 Å². The minimum absolute atomic E-state index is 0.136. The van der Waals surface area contributed by atoms with E-state index < -0.39 is 18.6 Å². The zero-order chi connectivity index (χ0) is 21.2. The van der Waals surface area contributed by atoms with Crippen molar-refractivity contribution in [1.29, 1.82) is 0 Å². The number of ether oxygens (including phenoxy) is 2. The Balaban J connectivity index is 1.52. The molecule has 158 valence electrons. The van der Waals surface area contributed by atoms with Crippen molar-refractivity contribution in [3.63, 3.8) is 0 Å². The van der Waals surface area contributed by atoms with Crippen LogP contribution >= 0.6 is 0 Å². The standard InChI is InChI=1S/C23H26N2O5/c26-16-22(23(27)24-28)30-17-21-9-5-19(6-10-21)2-1-18-3-7-20(8-4-18)15-25-11-13-29-14-12-25/h3-10,22,26,28H,11-17H2,(H,24,27)/t22-/m0/s1. The Morgan fingerprint density at radius 2 is 1.60 bits per heavy atom. The zero-order valence-electron chi connectivity index (χ0n) is 16.7. The molecule has 0 saturated carbocycles. The van der Waals surface area contributed by atoms with Gasteiger partial charge in [-0.15, -0.1) is 0 Å². The molecule has 1 atom stereocenters. The van der Waals surface area contributed by atoms with Gasteiger partial charge in [0, 0.05) is 30.8 Å². The molecule has 2 aromatic rings. The number of morpholine rings is 1. The summed E-state index contributed by atoms with van der Waals surface area (Å²) in [6, 6.07) is 15.7. The Kier molecular flexibility index (Phi) is 8.39. The molecule has 0 aliphatic carbocycles. The molecule has 1 fully saturated rings. The normalized spacial score (nSPS) is 15.1. The first-order valence-electron chi connectivity index (χ1n) is 9.84. The van der Waals surface area contributed by atoms with Crippen LogP contribution in [0, 0.1) is 11.8 Å². The highest BCUT2D eigenvalue weighted by molar-refractivity contribution is 5.79. The van der Waals surface area contributed by atoms with E-state index in [0.717, 1.165) is 49.5 Å². The van der Waals surface area contributed by atoms with Gasteiger partial charge in [0.25, 0.3) is 5.91 Å². The molecule has 2 aromatic carbocycles. The maximum Gasteiger partial charge on any atom is 0.274 e. The average molecular weight is 410 g/mol. The van der Waals surface area contributed by atoms with Crippen LogP contribution in [0.15, 0.2) is 48.5 Å². The summed E-state index contributed by atoms with van der Waals surface area (Å²) in [5, 5.41) is 17.7. The Morgan fingerprint density at radius 1 is 1.03 bits per heavy atom. The molecule has 0 unspecified atom stereocenters. The number of aliphatic hydroxyl groups is 1. The lowest BCUT2D eigenvalue weighted by Gasteiger charge is -2.26. The van der Waals surface area contributed by atoms with Gasteiger partial charge in [-0.2, -0.15) is 0 Å². The number of hydroxylamine groups is 1. The number of aliphatic hydroxyl groups excluding tert-OH is 1. The second kappa shape index (κ2) is 11.5. The number of nitrogens with zero attached hydrogens (tertiary/aromatic N) is 1. The molecule has 1 saturated heterocycles. The minimum atomic E-state index is -1.11. The fraction of sp³-hybridized carbons (Fsp3) is 0.348. The second-order valence-electron chi connectivity index (χ2n) is 6.99. The van der Waals surface area contributed by atoms with Gasteiger partial charge in [-0.25, -0.2) is 5.48 Å². The first kappa shape index (κ1) is 22.0. The third-order valence-corrected chi connectivity index (χ3v) is 4.79. The van der Waals surface area contributed by atoms with Gasteiger partial charge < -0.3 is 14.6 Å². The van der Waals surface area contributed by atoms with Crippen molar-refractivity contribution >= 4 is 5.91 Å². The molecule has 3 rings (SSSR count). The van der Waals surface area contributed by atoms with Gasteiger partial charge in [0.15, 0.2) is 6.10 Å². The Morgan fingerprint density at radius 3 is 2.13 bits per heavy atom. The molecule has 0 bridgehead atoms. The van der Waals surface area contributed by atoms with E-state index in [1.54, 1.807) is 0 Å². The van der Waals surface area contributed by atoms with Gasteiger partial charge >= 0.3 is 0 Å². The maximum absolute atomic E-state index is 11.3. The minimum Gasteiger partial charge on any atom is -0.393 e. The van der Waals surface area contributed by atoms with Crippen LogP contribution in [0.25, 0.3) is 0 Å². The topological polar surface area (TPSA) is 91.3 Å². The molecule has 30 heavy (non-hydrogen) atoms. The van der Waals surface area contributed by atoms with E-state index in [1.165, 1.54) is 11.0 Å². The molecule has 1 aliphatic heterocycles. The predicted molar refractivity (Wildman–Crippen MR) is 111 cm³/mol. The maximum atomic E-state index is 11.3. The third-order valence-electron chi connectivity index (χ3n) is 4.79. The molecule has 0 spiro atoms. The van der Waals surface area contributed by atoms with Gasteiger partial charge in [0.1, 0.15) is 0 Å². The third kappa shape index (κ3) is 6.66. The van der Waals surface area contributed by atoms with E-state index in [9.17, 15) is 4.79 Å². The van der Waals surface area contributed by atoms with Crippen molar-refractivity contribution in [2.45, 2.75) is 19.3 Å². The number of hydrogen-bond acceptors (Lipinski definition) is 6. The molecule has 3 N–H and O–H groups in total. The van der Waals surface area contributed by atoms with Gasteiger partial charge in [0.05, 0.1) is 26.4 Å². The van der Waals surface area contributed by atoms with E-state index in [1.807, 2.05) is 36.4 Å². The van der Waals surface area contributed by atoms with E-state index in [-0.39, 0.29) is 6.61 Å². The number of benzene rings is 2. The molecule has 0 radical (unpaired) electrons. The summed E-state index contributed by atoms with van der Waals surface area (Å²) in [4.78, 5) is 13.7. The van der Waals surface area contributed by atoms with Crippen LogP contribution in [0.3, 0.4) is 0 Å². The first-order valence-corrected chi connectivity index (χ1v) is 9.84. The van der Waals surface area contributed by atoms with Crippen molar-refractivity contribution in [1.82, 2.24) is 10.4 Å². The van der Waals surface area contributed by atoms with E-state index in [2.05, 4.69) is 28.9 Å². The van der Waals surface area contributed by atoms with Crippen molar-refractivity contribution in [3.05, 3.63) is 70.8 Å². The summed E-state index contributed by atoms with van der Waals surface area (Å²) in [5.74, 6) is 5.52. The Hall–Kier alpha value is -2.73. The highest BCUT2D eigenvalue weighted by Gasteiger charge is 2.17. The van der Waals surface area contributed by atoms with Crippen LogP contribution in [0.5, 0.6) is 0 Å². The molecule has 1 aliphatic rings. The van der Waals surface area contributed by atoms with Gasteiger partial charge in [-0.05, 0) is 35.4 Å². The number of carbonyl (C=O) groups excluding carboxylic acids is 1. The first-order chi connectivity index (χ1) is 14.7. The summed E-state index contributed by atoms with van der Waals surface area (Å²) in [6.07, 6.45) is -1.11. The zero-order valence-corrected chi connectivity index (χ0v) is 16.7. The molecule has 0 aromatic heterocycles. The SMILES string of the molecule is O=C(NO)[C@H](CO)OCc1ccc(C#Cc2ccc(CN3CCOCC3)cc2)cc1. The van der Waals surface area contributed by atoms with E-state index in [4.69, 9.17) is 19.8 Å². The summed E-state index contributed by atoms with van der Waals surface area (Å²) in [5.41, 5.74) is 5.38. The molecule has 1 amide bonds. The summed E-state index contributed by atoms with van der Waals surface area (Å²) in [6.45, 7) is 4.09. The van der Waals surface area contributed by atoms with Crippen molar-refractivity contribution in [3.8, 4) is 11.8 Å². The smallest absolute Gasteiger partial charge is 0.274 e. The van der Waals surface area contributed by atoms with Gasteiger partial charge in [0.2, 0.25) is 0 Å². The van der Waals surface area contributed by atoms with Crippen molar-refractivity contribution in [2.24, 2.45) is 0 Å². The number of amides is 1. The highest BCUT2D eigenvalue weighted by Crippen LogP contribution is 2.10. The van der Waals surface area contributed by atoms with E-state index in [0.29, 0.717) is 0 Å². The Labute approximate surface area is 176 Å². The fourth-order valence-electron chi connectivity index (χ4n) is 3.02. The Bertz CT molecular complexity index is 865. The molecule has 7 heteroatoms. The largest absolute Gasteiger partial charge is 0.393 e. The van der Waals surface area contributed by atoms with Crippen LogP contribution in [-0.2, 0) is 27.4 Å². The van der Waals surface area contributed by atoms with Crippen LogP contribution in [0.2, 0.25) is 0 Å². The second-order valence-corrected chi connectivity index (χ2v) is 6.99.